The Hall–Kier alpha value is -4.55. The number of halogens is 1. The van der Waals surface area contributed by atoms with Crippen LogP contribution >= 0.6 is 0 Å². The largest absolute Gasteiger partial charge is 0.381 e. The van der Waals surface area contributed by atoms with E-state index in [2.05, 4.69) is 44.3 Å². The van der Waals surface area contributed by atoms with Crippen LogP contribution in [0, 0.1) is 23.6 Å². The van der Waals surface area contributed by atoms with Crippen LogP contribution in [-0.2, 0) is 14.3 Å². The highest BCUT2D eigenvalue weighted by molar-refractivity contribution is 5.92. The van der Waals surface area contributed by atoms with Crippen LogP contribution in [-0.4, -0.2) is 41.5 Å². The van der Waals surface area contributed by atoms with Gasteiger partial charge in [-0.05, 0) is 97.3 Å². The highest BCUT2D eigenvalue weighted by atomic mass is 19.1. The molecular formula is C31H32FN5O3. The quantitative estimate of drug-likeness (QED) is 0.195. The van der Waals surface area contributed by atoms with E-state index in [1.807, 2.05) is 24.3 Å². The van der Waals surface area contributed by atoms with Gasteiger partial charge in [-0.1, -0.05) is 12.5 Å². The van der Waals surface area contributed by atoms with Gasteiger partial charge >= 0.3 is 0 Å². The van der Waals surface area contributed by atoms with Gasteiger partial charge in [0.25, 0.3) is 0 Å². The summed E-state index contributed by atoms with van der Waals surface area (Å²) in [6, 6.07) is 13.3. The number of aromatic nitrogens is 2. The first-order valence-corrected chi connectivity index (χ1v) is 13.2. The Labute approximate surface area is 233 Å². The molecule has 2 amide bonds. The average molecular weight is 542 g/mol. The molecule has 8 nitrogen and oxygen atoms in total. The van der Waals surface area contributed by atoms with Gasteiger partial charge in [-0.25, -0.2) is 14.4 Å². The zero-order chi connectivity index (χ0) is 28.3. The smallest absolute Gasteiger partial charge is 0.243 e. The van der Waals surface area contributed by atoms with Gasteiger partial charge in [-0.3, -0.25) is 9.59 Å². The summed E-state index contributed by atoms with van der Waals surface area (Å²) in [5.74, 6) is 6.36. The van der Waals surface area contributed by atoms with Gasteiger partial charge in [0.2, 0.25) is 11.8 Å². The Morgan fingerprint density at radius 1 is 1.07 bits per heavy atom. The number of nitrogens with one attached hydrogen (secondary N) is 3. The van der Waals surface area contributed by atoms with Crippen LogP contribution in [0.5, 0.6) is 0 Å². The van der Waals surface area contributed by atoms with E-state index >= 15 is 0 Å². The number of carbonyl (C=O) groups excluding carboxylic acids is 2. The maximum Gasteiger partial charge on any atom is 0.243 e. The summed E-state index contributed by atoms with van der Waals surface area (Å²) >= 11 is 0. The molecule has 0 bridgehead atoms. The Kier molecular flexibility index (Phi) is 9.97. The highest BCUT2D eigenvalue weighted by Crippen LogP contribution is 2.29. The van der Waals surface area contributed by atoms with Crippen molar-refractivity contribution in [2.75, 3.05) is 24.3 Å². The number of hydrogen-bond donors (Lipinski definition) is 3. The molecule has 1 aromatic carbocycles. The number of methoxy groups -OCH3 is 1. The van der Waals surface area contributed by atoms with Crippen molar-refractivity contribution in [3.05, 3.63) is 78.9 Å². The zero-order valence-electron chi connectivity index (χ0n) is 22.4. The standard InChI is InChI=1S/C31H32FN5O3/c1-3-30(38)34-16-5-4-6-26-18-23(20-29(36-26)35-25-11-9-24(32)10-12-25)22-15-17-33-28(19-22)37-31(39)21-7-13-27(40-2)14-8-21/h3,9-12,15,17-21,27H,1,5,7-8,13-14,16H2,2H3,(H,34,38)(H,35,36)(H,33,37,39)/t21-,27+. The minimum absolute atomic E-state index is 0.0392. The molecule has 9 heteroatoms. The molecular weight excluding hydrogens is 509 g/mol. The number of nitrogens with zero attached hydrogens (tertiary/aromatic N) is 2. The average Bonchev–Trinajstić information content (AvgIpc) is 2.98. The van der Waals surface area contributed by atoms with Crippen LogP contribution in [0.25, 0.3) is 11.1 Å². The summed E-state index contributed by atoms with van der Waals surface area (Å²) in [5.41, 5.74) is 2.80. The predicted molar refractivity (Wildman–Crippen MR) is 153 cm³/mol. The number of pyridine rings is 2. The van der Waals surface area contributed by atoms with Gasteiger partial charge in [-0.2, -0.15) is 0 Å². The number of anilines is 3. The first-order valence-electron chi connectivity index (χ1n) is 13.2. The van der Waals surface area contributed by atoms with E-state index < -0.39 is 0 Å². The van der Waals surface area contributed by atoms with Crippen molar-refractivity contribution in [1.29, 1.82) is 0 Å². The number of hydrogen-bond acceptors (Lipinski definition) is 6. The predicted octanol–water partition coefficient (Wildman–Crippen LogP) is 5.21. The van der Waals surface area contributed by atoms with E-state index in [1.54, 1.807) is 25.4 Å². The van der Waals surface area contributed by atoms with Crippen LogP contribution < -0.4 is 16.0 Å². The third-order valence-electron chi connectivity index (χ3n) is 6.62. The molecule has 0 spiro atoms. The number of ether oxygens (including phenoxy) is 1. The fraction of sp³-hybridized carbons (Fsp3) is 0.290. The molecule has 0 atom stereocenters. The van der Waals surface area contributed by atoms with E-state index in [1.165, 1.54) is 18.2 Å². The molecule has 0 unspecified atom stereocenters. The number of rotatable bonds is 9. The molecule has 1 saturated carbocycles. The Bertz CT molecular complexity index is 1410. The Morgan fingerprint density at radius 2 is 1.82 bits per heavy atom. The van der Waals surface area contributed by atoms with Crippen LogP contribution in [0.1, 0.15) is 37.8 Å². The zero-order valence-corrected chi connectivity index (χ0v) is 22.4. The monoisotopic (exact) mass is 541 g/mol. The van der Waals surface area contributed by atoms with E-state index in [0.29, 0.717) is 36.0 Å². The maximum absolute atomic E-state index is 13.4. The molecule has 1 aliphatic rings. The highest BCUT2D eigenvalue weighted by Gasteiger charge is 2.26. The van der Waals surface area contributed by atoms with Gasteiger partial charge in [-0.15, -0.1) is 0 Å². The molecule has 2 heterocycles. The van der Waals surface area contributed by atoms with Crippen molar-refractivity contribution in [3.8, 4) is 23.0 Å². The topological polar surface area (TPSA) is 105 Å². The first-order chi connectivity index (χ1) is 19.4. The minimum Gasteiger partial charge on any atom is -0.381 e. The van der Waals surface area contributed by atoms with E-state index in [9.17, 15) is 14.0 Å². The summed E-state index contributed by atoms with van der Waals surface area (Å²) in [4.78, 5) is 33.2. The third-order valence-corrected chi connectivity index (χ3v) is 6.62. The SMILES string of the molecule is C=CC(=O)NCCC#Cc1cc(-c2ccnc(NC(=O)[C@H]3CC[C@@H](OC)CC3)c2)cc(Nc2ccc(F)cc2)n1. The van der Waals surface area contributed by atoms with Crippen LogP contribution in [0.4, 0.5) is 21.7 Å². The molecule has 1 aliphatic carbocycles. The summed E-state index contributed by atoms with van der Waals surface area (Å²) in [6.07, 6.45) is 6.82. The maximum atomic E-state index is 13.4. The van der Waals surface area contributed by atoms with Gasteiger partial charge in [0, 0.05) is 37.9 Å². The van der Waals surface area contributed by atoms with Crippen molar-refractivity contribution < 1.29 is 18.7 Å². The minimum atomic E-state index is -0.333. The lowest BCUT2D eigenvalue weighted by molar-refractivity contribution is -0.121. The van der Waals surface area contributed by atoms with Gasteiger partial charge in [0.05, 0.1) is 6.10 Å². The molecule has 206 valence electrons. The number of carbonyl (C=O) groups is 2. The van der Waals surface area contributed by atoms with Crippen molar-refractivity contribution in [2.24, 2.45) is 5.92 Å². The molecule has 2 aromatic heterocycles. The van der Waals surface area contributed by atoms with E-state index in [-0.39, 0.29) is 29.7 Å². The number of amides is 2. The second-order valence-corrected chi connectivity index (χ2v) is 9.43. The van der Waals surface area contributed by atoms with Gasteiger partial charge in [0.1, 0.15) is 23.1 Å². The Balaban J connectivity index is 1.54. The summed E-state index contributed by atoms with van der Waals surface area (Å²) in [6.45, 7) is 3.82. The van der Waals surface area contributed by atoms with Gasteiger partial charge in [0.15, 0.2) is 0 Å². The first kappa shape index (κ1) is 28.5. The van der Waals surface area contributed by atoms with E-state index in [4.69, 9.17) is 4.74 Å². The molecule has 1 fully saturated rings. The summed E-state index contributed by atoms with van der Waals surface area (Å²) < 4.78 is 18.8. The Morgan fingerprint density at radius 3 is 2.55 bits per heavy atom. The van der Waals surface area contributed by atoms with Gasteiger partial charge < -0.3 is 20.7 Å². The van der Waals surface area contributed by atoms with Crippen molar-refractivity contribution in [3.63, 3.8) is 0 Å². The van der Waals surface area contributed by atoms with Crippen molar-refractivity contribution in [2.45, 2.75) is 38.2 Å². The van der Waals surface area contributed by atoms with Crippen LogP contribution in [0.15, 0.2) is 67.4 Å². The van der Waals surface area contributed by atoms with Crippen molar-refractivity contribution in [1.82, 2.24) is 15.3 Å². The third kappa shape index (κ3) is 8.22. The lowest BCUT2D eigenvalue weighted by Crippen LogP contribution is -2.29. The second kappa shape index (κ2) is 14.0. The van der Waals surface area contributed by atoms with Crippen LogP contribution in [0.2, 0.25) is 0 Å². The molecule has 0 aliphatic heterocycles. The number of benzene rings is 1. The molecule has 3 N–H and O–H groups in total. The molecule has 3 aromatic rings. The molecule has 40 heavy (non-hydrogen) atoms. The summed E-state index contributed by atoms with van der Waals surface area (Å²) in [5, 5.41) is 8.84. The molecule has 0 saturated heterocycles. The summed E-state index contributed by atoms with van der Waals surface area (Å²) in [7, 11) is 1.71. The van der Waals surface area contributed by atoms with E-state index in [0.717, 1.165) is 36.8 Å². The molecule has 0 radical (unpaired) electrons. The molecule has 4 rings (SSSR count). The normalized spacial score (nSPS) is 16.2. The second-order valence-electron chi connectivity index (χ2n) is 9.43. The lowest BCUT2D eigenvalue weighted by Gasteiger charge is -2.26. The van der Waals surface area contributed by atoms with Crippen molar-refractivity contribution >= 4 is 29.1 Å². The fourth-order valence-corrected chi connectivity index (χ4v) is 4.45. The fourth-order valence-electron chi connectivity index (χ4n) is 4.45. The lowest BCUT2D eigenvalue weighted by atomic mass is 9.87. The van der Waals surface area contributed by atoms with Crippen LogP contribution in [0.3, 0.4) is 0 Å².